The summed E-state index contributed by atoms with van der Waals surface area (Å²) in [6.45, 7) is 0.806. The van der Waals surface area contributed by atoms with Crippen LogP contribution in [0.4, 0.5) is 11.9 Å². The molecule has 0 aliphatic rings. The Balaban J connectivity index is 1.97. The molecule has 2 aromatic rings. The van der Waals surface area contributed by atoms with Crippen LogP contribution in [-0.4, -0.2) is 48.3 Å². The van der Waals surface area contributed by atoms with Gasteiger partial charge in [-0.1, -0.05) is 0 Å². The number of nitrogens with one attached hydrogen (secondary N) is 1. The van der Waals surface area contributed by atoms with Gasteiger partial charge in [0.1, 0.15) is 12.7 Å². The molecule has 9 heteroatoms. The molecule has 8 nitrogen and oxygen atoms in total. The minimum absolute atomic E-state index is 0.159. The summed E-state index contributed by atoms with van der Waals surface area (Å²) in [6.07, 6.45) is 7.24. The number of anilines is 2. The average molecular weight is 280 g/mol. The molecule has 0 bridgehead atoms. The molecule has 2 heterocycles. The summed E-state index contributed by atoms with van der Waals surface area (Å²) in [7, 11) is 0. The van der Waals surface area contributed by atoms with Gasteiger partial charge in [-0.05, 0) is 24.9 Å². The Morgan fingerprint density at radius 1 is 1.32 bits per heavy atom. The van der Waals surface area contributed by atoms with Crippen molar-refractivity contribution in [1.29, 1.82) is 0 Å². The third-order valence-electron chi connectivity index (χ3n) is 2.32. The number of unbranched alkanes of at least 4 members (excludes halogenated alkanes) is 1. The first-order valence-corrected chi connectivity index (χ1v) is 7.28. The molecule has 102 valence electrons. The number of nitrogen functional groups attached to an aromatic ring is 1. The van der Waals surface area contributed by atoms with Crippen LogP contribution in [0.3, 0.4) is 0 Å². The minimum atomic E-state index is 0.159. The van der Waals surface area contributed by atoms with Gasteiger partial charge < -0.3 is 11.1 Å². The minimum Gasteiger partial charge on any atom is -0.368 e. The lowest BCUT2D eigenvalue weighted by Crippen LogP contribution is -2.12. The lowest BCUT2D eigenvalue weighted by molar-refractivity contribution is 0.789. The third-order valence-corrected chi connectivity index (χ3v) is 3.02. The first-order chi connectivity index (χ1) is 9.29. The van der Waals surface area contributed by atoms with Crippen LogP contribution in [-0.2, 0) is 0 Å². The number of nitrogens with zero attached hydrogens (tertiary/aromatic N) is 6. The molecule has 19 heavy (non-hydrogen) atoms. The van der Waals surface area contributed by atoms with Crippen LogP contribution in [0, 0.1) is 0 Å². The van der Waals surface area contributed by atoms with Gasteiger partial charge in [0.2, 0.25) is 11.9 Å². The van der Waals surface area contributed by atoms with Crippen molar-refractivity contribution in [2.45, 2.75) is 12.8 Å². The van der Waals surface area contributed by atoms with Gasteiger partial charge in [-0.15, -0.1) is 0 Å². The maximum atomic E-state index is 5.65. The average Bonchev–Trinajstić information content (AvgIpc) is 2.92. The Morgan fingerprint density at radius 2 is 2.21 bits per heavy atom. The monoisotopic (exact) mass is 280 g/mol. The Morgan fingerprint density at radius 3 is 2.95 bits per heavy atom. The van der Waals surface area contributed by atoms with Gasteiger partial charge in [0, 0.05) is 6.54 Å². The van der Waals surface area contributed by atoms with Crippen LogP contribution in [0.2, 0.25) is 0 Å². The molecular formula is C10H16N8S. The quantitative estimate of drug-likeness (QED) is 0.709. The molecule has 0 aliphatic heterocycles. The predicted molar refractivity (Wildman–Crippen MR) is 75.3 cm³/mol. The van der Waals surface area contributed by atoms with E-state index in [0.29, 0.717) is 11.9 Å². The standard InChI is InChI=1S/C10H16N8S/c1-19-5-3-2-4-13-9-15-8(11)16-10(17-9)18-7-12-6-14-18/h6-7H,2-5H2,1H3,(H3,11,13,15,16,17). The highest BCUT2D eigenvalue weighted by Crippen LogP contribution is 2.06. The molecule has 2 rings (SSSR count). The molecule has 0 unspecified atom stereocenters. The topological polar surface area (TPSA) is 107 Å². The second kappa shape index (κ2) is 6.88. The zero-order valence-electron chi connectivity index (χ0n) is 10.7. The summed E-state index contributed by atoms with van der Waals surface area (Å²) in [4.78, 5) is 16.1. The van der Waals surface area contributed by atoms with Gasteiger partial charge in [0.05, 0.1) is 0 Å². The molecule has 0 saturated heterocycles. The molecule has 0 saturated carbocycles. The lowest BCUT2D eigenvalue weighted by atomic mass is 10.3. The van der Waals surface area contributed by atoms with Crippen molar-refractivity contribution in [3.05, 3.63) is 12.7 Å². The maximum absolute atomic E-state index is 5.65. The van der Waals surface area contributed by atoms with Gasteiger partial charge >= 0.3 is 0 Å². The Bertz CT molecular complexity index is 500. The van der Waals surface area contributed by atoms with Gasteiger partial charge in [-0.25, -0.2) is 4.98 Å². The van der Waals surface area contributed by atoms with E-state index in [1.807, 2.05) is 11.8 Å². The van der Waals surface area contributed by atoms with Crippen molar-refractivity contribution in [2.24, 2.45) is 0 Å². The molecule has 0 atom stereocenters. The summed E-state index contributed by atoms with van der Waals surface area (Å²) >= 11 is 1.84. The van der Waals surface area contributed by atoms with E-state index in [4.69, 9.17) is 5.73 Å². The summed E-state index contributed by atoms with van der Waals surface area (Å²) in [5.74, 6) is 2.14. The molecule has 0 aliphatic carbocycles. The number of rotatable bonds is 7. The highest BCUT2D eigenvalue weighted by atomic mass is 32.2. The highest BCUT2D eigenvalue weighted by Gasteiger charge is 2.06. The second-order valence-corrected chi connectivity index (χ2v) is 4.77. The van der Waals surface area contributed by atoms with E-state index in [0.717, 1.165) is 25.1 Å². The normalized spacial score (nSPS) is 10.6. The van der Waals surface area contributed by atoms with E-state index in [1.54, 1.807) is 0 Å². The van der Waals surface area contributed by atoms with Gasteiger partial charge in [-0.2, -0.15) is 36.5 Å². The fourth-order valence-corrected chi connectivity index (χ4v) is 1.94. The fourth-order valence-electron chi connectivity index (χ4n) is 1.45. The van der Waals surface area contributed by atoms with Crippen molar-refractivity contribution in [2.75, 3.05) is 29.6 Å². The first-order valence-electron chi connectivity index (χ1n) is 5.89. The van der Waals surface area contributed by atoms with Gasteiger partial charge in [0.25, 0.3) is 5.95 Å². The molecule has 0 spiro atoms. The molecular weight excluding hydrogens is 264 g/mol. The molecule has 2 aromatic heterocycles. The van der Waals surface area contributed by atoms with E-state index in [2.05, 4.69) is 36.6 Å². The van der Waals surface area contributed by atoms with E-state index < -0.39 is 0 Å². The summed E-state index contributed by atoms with van der Waals surface area (Å²) in [5.41, 5.74) is 5.65. The van der Waals surface area contributed by atoms with Crippen molar-refractivity contribution in [3.63, 3.8) is 0 Å². The second-order valence-electron chi connectivity index (χ2n) is 3.78. The number of hydrogen-bond donors (Lipinski definition) is 2. The number of aromatic nitrogens is 6. The van der Waals surface area contributed by atoms with Crippen molar-refractivity contribution >= 4 is 23.7 Å². The van der Waals surface area contributed by atoms with Crippen LogP contribution in [0.15, 0.2) is 12.7 Å². The van der Waals surface area contributed by atoms with Gasteiger partial charge in [-0.3, -0.25) is 0 Å². The van der Waals surface area contributed by atoms with Crippen molar-refractivity contribution in [3.8, 4) is 5.95 Å². The largest absolute Gasteiger partial charge is 0.368 e. The van der Waals surface area contributed by atoms with Crippen LogP contribution in [0.5, 0.6) is 0 Å². The molecule has 0 aromatic carbocycles. The zero-order valence-corrected chi connectivity index (χ0v) is 11.5. The Labute approximate surface area is 115 Å². The van der Waals surface area contributed by atoms with E-state index in [1.165, 1.54) is 17.3 Å². The highest BCUT2D eigenvalue weighted by molar-refractivity contribution is 7.98. The number of thioether (sulfide) groups is 1. The third kappa shape index (κ3) is 4.05. The number of nitrogens with two attached hydrogens (primary N) is 1. The van der Waals surface area contributed by atoms with E-state index in [9.17, 15) is 0 Å². The predicted octanol–water partition coefficient (Wildman–Crippen LogP) is 0.590. The maximum Gasteiger partial charge on any atom is 0.258 e. The molecule has 3 N–H and O–H groups in total. The van der Waals surface area contributed by atoms with Crippen LogP contribution in [0.1, 0.15) is 12.8 Å². The smallest absolute Gasteiger partial charge is 0.258 e. The van der Waals surface area contributed by atoms with Crippen LogP contribution in [0.25, 0.3) is 5.95 Å². The molecule has 0 radical (unpaired) electrons. The summed E-state index contributed by atoms with van der Waals surface area (Å²) < 4.78 is 1.44. The number of hydrogen-bond acceptors (Lipinski definition) is 8. The zero-order chi connectivity index (χ0) is 13.5. The van der Waals surface area contributed by atoms with Crippen molar-refractivity contribution in [1.82, 2.24) is 29.7 Å². The van der Waals surface area contributed by atoms with Crippen LogP contribution >= 0.6 is 11.8 Å². The SMILES string of the molecule is CSCCCCNc1nc(N)nc(-n2cncn2)n1. The first kappa shape index (κ1) is 13.5. The van der Waals surface area contributed by atoms with Gasteiger partial charge in [0.15, 0.2) is 0 Å². The van der Waals surface area contributed by atoms with Crippen molar-refractivity contribution < 1.29 is 0 Å². The summed E-state index contributed by atoms with van der Waals surface area (Å²) in [6, 6.07) is 0. The fraction of sp³-hybridized carbons (Fsp3) is 0.500. The lowest BCUT2D eigenvalue weighted by Gasteiger charge is -2.06. The Hall–Kier alpha value is -1.90. The summed E-state index contributed by atoms with van der Waals surface area (Å²) in [5, 5.41) is 7.09. The van der Waals surface area contributed by atoms with Crippen LogP contribution < -0.4 is 11.1 Å². The Kier molecular flexibility index (Phi) is 4.90. The molecule has 0 amide bonds. The molecule has 0 fully saturated rings. The van der Waals surface area contributed by atoms with E-state index in [-0.39, 0.29) is 5.95 Å². The van der Waals surface area contributed by atoms with E-state index >= 15 is 0 Å².